The van der Waals surface area contributed by atoms with Gasteiger partial charge in [0.25, 0.3) is 5.91 Å². The van der Waals surface area contributed by atoms with E-state index < -0.39 is 0 Å². The summed E-state index contributed by atoms with van der Waals surface area (Å²) >= 11 is 3.13. The first kappa shape index (κ1) is 14.2. The largest absolute Gasteiger partial charge is 0.494 e. The molecule has 1 amide bonds. The number of aromatic hydroxyl groups is 1. The van der Waals surface area contributed by atoms with Crippen molar-refractivity contribution in [2.45, 2.75) is 0 Å². The van der Waals surface area contributed by atoms with E-state index in [0.29, 0.717) is 11.1 Å². The quantitative estimate of drug-likeness (QED) is 0.470. The summed E-state index contributed by atoms with van der Waals surface area (Å²) in [6.45, 7) is 0. The van der Waals surface area contributed by atoms with Gasteiger partial charge in [-0.3, -0.25) is 4.79 Å². The van der Waals surface area contributed by atoms with E-state index in [2.05, 4.69) is 9.98 Å². The number of nitrogens with zero attached hydrogens (tertiary/aromatic N) is 1. The molecule has 0 bridgehead atoms. The van der Waals surface area contributed by atoms with E-state index in [0.717, 1.165) is 40.3 Å². The Bertz CT molecular complexity index is 1520. The number of hydrogen-bond acceptors (Lipinski definition) is 4. The van der Waals surface area contributed by atoms with Crippen LogP contribution < -0.4 is 9.89 Å². The van der Waals surface area contributed by atoms with Crippen molar-refractivity contribution in [1.82, 2.24) is 4.98 Å². The molecule has 2 N–H and O–H groups in total. The molecule has 4 nitrogen and oxygen atoms in total. The zero-order chi connectivity index (χ0) is 17.4. The van der Waals surface area contributed by atoms with Crippen LogP contribution in [0.4, 0.5) is 0 Å². The first-order chi connectivity index (χ1) is 12.7. The van der Waals surface area contributed by atoms with Crippen molar-refractivity contribution in [2.24, 2.45) is 4.99 Å². The second kappa shape index (κ2) is 4.81. The van der Waals surface area contributed by atoms with E-state index in [-0.39, 0.29) is 11.8 Å². The lowest BCUT2D eigenvalue weighted by Gasteiger charge is -1.98. The molecule has 0 unspecified atom stereocenters. The zero-order valence-corrected chi connectivity index (χ0v) is 14.9. The average Bonchev–Trinajstić information content (AvgIpc) is 3.34. The van der Waals surface area contributed by atoms with E-state index in [1.807, 2.05) is 48.5 Å². The smallest absolute Gasteiger partial charge is 0.279 e. The molecule has 5 aromatic rings. The summed E-state index contributed by atoms with van der Waals surface area (Å²) in [6.07, 6.45) is 0. The second-order valence-electron chi connectivity index (χ2n) is 6.22. The van der Waals surface area contributed by atoms with Crippen molar-refractivity contribution in [3.8, 4) is 5.88 Å². The number of hydrogen-bond donors (Lipinski definition) is 2. The molecule has 0 aliphatic carbocycles. The number of fused-ring (bicyclic) bond motifs is 6. The van der Waals surface area contributed by atoms with Gasteiger partial charge in [-0.25, -0.2) is 4.99 Å². The van der Waals surface area contributed by atoms with Gasteiger partial charge in [0.1, 0.15) is 0 Å². The highest BCUT2D eigenvalue weighted by Gasteiger charge is 2.28. The van der Waals surface area contributed by atoms with Gasteiger partial charge in [-0.15, -0.1) is 22.7 Å². The number of H-pyrrole nitrogens is 1. The van der Waals surface area contributed by atoms with E-state index >= 15 is 0 Å². The highest BCUT2D eigenvalue weighted by atomic mass is 32.1. The Morgan fingerprint density at radius 2 is 1.62 bits per heavy atom. The van der Waals surface area contributed by atoms with E-state index in [1.165, 1.54) is 0 Å². The highest BCUT2D eigenvalue weighted by molar-refractivity contribution is 7.26. The molecule has 0 fully saturated rings. The summed E-state index contributed by atoms with van der Waals surface area (Å²) in [5.41, 5.74) is 1.93. The van der Waals surface area contributed by atoms with Crippen LogP contribution in [-0.4, -0.2) is 16.0 Å². The van der Waals surface area contributed by atoms with Crippen LogP contribution in [0.5, 0.6) is 5.88 Å². The molecule has 0 radical (unpaired) electrons. The van der Waals surface area contributed by atoms with Gasteiger partial charge < -0.3 is 10.1 Å². The fourth-order valence-corrected chi connectivity index (χ4v) is 6.05. The standard InChI is InChI=1S/C20H10N2O2S2/c23-19-13(17-15(21-19)9-5-1-3-7-11(9)25-17)14-18-16(22-20(14)24)10-6-2-4-8-12(10)26-18/h1-8,21,23H. The molecule has 26 heavy (non-hydrogen) atoms. The third kappa shape index (κ3) is 1.67. The van der Waals surface area contributed by atoms with Gasteiger partial charge in [0.15, 0.2) is 5.88 Å². The number of aromatic amines is 1. The van der Waals surface area contributed by atoms with Gasteiger partial charge in [-0.05, 0) is 12.1 Å². The van der Waals surface area contributed by atoms with Gasteiger partial charge >= 0.3 is 0 Å². The van der Waals surface area contributed by atoms with E-state index in [9.17, 15) is 9.90 Å². The van der Waals surface area contributed by atoms with Crippen LogP contribution in [0.2, 0.25) is 0 Å². The Balaban J connectivity index is 1.80. The molecule has 4 heterocycles. The van der Waals surface area contributed by atoms with Crippen molar-refractivity contribution >= 4 is 64.5 Å². The van der Waals surface area contributed by atoms with Crippen LogP contribution in [0.3, 0.4) is 0 Å². The topological polar surface area (TPSA) is 65.4 Å². The molecule has 124 valence electrons. The first-order valence-electron chi connectivity index (χ1n) is 8.10. The van der Waals surface area contributed by atoms with Crippen molar-refractivity contribution in [3.05, 3.63) is 64.0 Å². The lowest BCUT2D eigenvalue weighted by atomic mass is 10.1. The minimum absolute atomic E-state index is 0.0286. The highest BCUT2D eigenvalue weighted by Crippen LogP contribution is 2.42. The van der Waals surface area contributed by atoms with Crippen molar-refractivity contribution in [1.29, 1.82) is 0 Å². The number of carbonyl (C=O) groups is 1. The average molecular weight is 374 g/mol. The van der Waals surface area contributed by atoms with Gasteiger partial charge in [0, 0.05) is 20.2 Å². The van der Waals surface area contributed by atoms with Crippen LogP contribution >= 0.6 is 22.7 Å². The summed E-state index contributed by atoms with van der Waals surface area (Å²) < 4.78 is 3.95. The number of aromatic nitrogens is 1. The number of nitrogens with one attached hydrogen (secondary N) is 1. The molecule has 0 saturated heterocycles. The van der Waals surface area contributed by atoms with E-state index in [4.69, 9.17) is 0 Å². The van der Waals surface area contributed by atoms with Crippen molar-refractivity contribution in [3.63, 3.8) is 0 Å². The lowest BCUT2D eigenvalue weighted by Crippen LogP contribution is -2.16. The fourth-order valence-electron chi connectivity index (χ4n) is 3.65. The minimum Gasteiger partial charge on any atom is -0.494 e. The zero-order valence-electron chi connectivity index (χ0n) is 13.2. The van der Waals surface area contributed by atoms with Crippen molar-refractivity contribution in [2.75, 3.05) is 0 Å². The summed E-state index contributed by atoms with van der Waals surface area (Å²) in [5, 5.41) is 13.4. The number of benzene rings is 2. The molecule has 1 aliphatic heterocycles. The minimum atomic E-state index is -0.286. The molecule has 0 saturated carbocycles. The second-order valence-corrected chi connectivity index (χ2v) is 8.32. The Morgan fingerprint density at radius 1 is 0.923 bits per heavy atom. The lowest BCUT2D eigenvalue weighted by molar-refractivity contribution is -0.112. The number of amides is 1. The number of carbonyl (C=O) groups excluding carboxylic acids is 1. The van der Waals surface area contributed by atoms with Crippen LogP contribution in [0, 0.1) is 0 Å². The fraction of sp³-hybridized carbons (Fsp3) is 0. The maximum atomic E-state index is 12.7. The molecule has 6 heteroatoms. The van der Waals surface area contributed by atoms with Gasteiger partial charge in [-0.1, -0.05) is 36.4 Å². The molecule has 2 aromatic carbocycles. The van der Waals surface area contributed by atoms with Crippen LogP contribution in [0.1, 0.15) is 5.56 Å². The monoisotopic (exact) mass is 374 g/mol. The number of thiophene rings is 2. The third-order valence-electron chi connectivity index (χ3n) is 4.78. The molecular formula is C20H10N2O2S2. The maximum Gasteiger partial charge on any atom is 0.279 e. The summed E-state index contributed by atoms with van der Waals surface area (Å²) in [6, 6.07) is 16.0. The van der Waals surface area contributed by atoms with Gasteiger partial charge in [-0.2, -0.15) is 0 Å². The first-order valence-corrected chi connectivity index (χ1v) is 9.73. The third-order valence-corrected chi connectivity index (χ3v) is 7.14. The molecule has 6 rings (SSSR count). The molecule has 1 aliphatic rings. The SMILES string of the molecule is O=C1N=c2c(sc3ccccc23)=C1c1c(O)[nH]c2c1sc1ccccc12. The summed E-state index contributed by atoms with van der Waals surface area (Å²) in [4.78, 5) is 20.1. The summed E-state index contributed by atoms with van der Waals surface area (Å²) in [5.74, 6) is -0.258. The number of rotatable bonds is 1. The molecule has 0 atom stereocenters. The van der Waals surface area contributed by atoms with E-state index in [1.54, 1.807) is 22.7 Å². The van der Waals surface area contributed by atoms with Crippen molar-refractivity contribution < 1.29 is 9.90 Å². The predicted molar refractivity (Wildman–Crippen MR) is 105 cm³/mol. The van der Waals surface area contributed by atoms with Gasteiger partial charge in [0.05, 0.1) is 31.2 Å². The molecule has 3 aromatic heterocycles. The summed E-state index contributed by atoms with van der Waals surface area (Å²) in [7, 11) is 0. The Kier molecular flexibility index (Phi) is 2.63. The Labute approximate surface area is 154 Å². The Morgan fingerprint density at radius 3 is 2.42 bits per heavy atom. The maximum absolute atomic E-state index is 12.7. The normalized spacial score (nSPS) is 13.8. The molecular weight excluding hydrogens is 364 g/mol. The Hall–Kier alpha value is -2.96. The van der Waals surface area contributed by atoms with Crippen LogP contribution in [-0.2, 0) is 4.79 Å². The van der Waals surface area contributed by atoms with Gasteiger partial charge in [0.2, 0.25) is 0 Å². The predicted octanol–water partition coefficient (Wildman–Crippen LogP) is 3.66. The van der Waals surface area contributed by atoms with Crippen LogP contribution in [0.25, 0.3) is 36.0 Å². The molecule has 0 spiro atoms. The van der Waals surface area contributed by atoms with Crippen LogP contribution in [0.15, 0.2) is 53.5 Å².